The molecule has 3 rings (SSSR count). The third-order valence-corrected chi connectivity index (χ3v) is 3.49. The van der Waals surface area contributed by atoms with Crippen LogP contribution in [0.3, 0.4) is 0 Å². The molecule has 0 fully saturated rings. The van der Waals surface area contributed by atoms with Crippen LogP contribution in [0.1, 0.15) is 26.5 Å². The summed E-state index contributed by atoms with van der Waals surface area (Å²) in [6.07, 6.45) is 3.23. The molecule has 2 amide bonds. The summed E-state index contributed by atoms with van der Waals surface area (Å²) in [5, 5.41) is 7.73. The van der Waals surface area contributed by atoms with E-state index in [4.69, 9.17) is 0 Å². The summed E-state index contributed by atoms with van der Waals surface area (Å²) in [5.41, 5.74) is 7.11. The van der Waals surface area contributed by atoms with E-state index in [-0.39, 0.29) is 5.69 Å². The monoisotopic (exact) mass is 324 g/mol. The second-order valence-corrected chi connectivity index (χ2v) is 5.30. The van der Waals surface area contributed by atoms with Crippen LogP contribution in [0, 0.1) is 6.92 Å². The van der Waals surface area contributed by atoms with Gasteiger partial charge in [-0.25, -0.2) is 4.68 Å². The number of hydrazine groups is 1. The molecule has 0 saturated carbocycles. The van der Waals surface area contributed by atoms with Gasteiger partial charge in [0.2, 0.25) is 0 Å². The Morgan fingerprint density at radius 3 is 2.42 bits per heavy atom. The van der Waals surface area contributed by atoms with Crippen LogP contribution in [-0.2, 0) is 7.05 Å². The van der Waals surface area contributed by atoms with E-state index in [1.807, 2.05) is 31.2 Å². The predicted molar refractivity (Wildman–Crippen MR) is 86.4 cm³/mol. The Balaban J connectivity index is 1.65. The largest absolute Gasteiger partial charge is 0.347 e. The van der Waals surface area contributed by atoms with E-state index in [0.29, 0.717) is 5.69 Å². The van der Waals surface area contributed by atoms with Crippen molar-refractivity contribution in [2.45, 2.75) is 6.92 Å². The summed E-state index contributed by atoms with van der Waals surface area (Å²) in [6, 6.07) is 11.0. The lowest BCUT2D eigenvalue weighted by molar-refractivity contribution is 0.0839. The summed E-state index contributed by atoms with van der Waals surface area (Å²) >= 11 is 0. The van der Waals surface area contributed by atoms with Crippen LogP contribution in [0.25, 0.3) is 5.69 Å². The Labute approximate surface area is 138 Å². The van der Waals surface area contributed by atoms with Gasteiger partial charge in [-0.1, -0.05) is 22.9 Å². The van der Waals surface area contributed by atoms with Gasteiger partial charge < -0.3 is 4.57 Å². The average Bonchev–Trinajstić information content (AvgIpc) is 3.22. The fourth-order valence-electron chi connectivity index (χ4n) is 2.13. The third kappa shape index (κ3) is 3.17. The van der Waals surface area contributed by atoms with Crippen molar-refractivity contribution in [3.05, 3.63) is 65.7 Å². The predicted octanol–water partition coefficient (Wildman–Crippen LogP) is 0.989. The van der Waals surface area contributed by atoms with Crippen LogP contribution in [-0.4, -0.2) is 31.4 Å². The molecule has 3 aromatic rings. The molecule has 24 heavy (non-hydrogen) atoms. The van der Waals surface area contributed by atoms with Crippen molar-refractivity contribution in [3.63, 3.8) is 0 Å². The van der Waals surface area contributed by atoms with Crippen molar-refractivity contribution in [1.82, 2.24) is 30.4 Å². The van der Waals surface area contributed by atoms with Crippen molar-refractivity contribution >= 4 is 11.8 Å². The highest BCUT2D eigenvalue weighted by atomic mass is 16.2. The highest BCUT2D eigenvalue weighted by Gasteiger charge is 2.14. The topological polar surface area (TPSA) is 93.8 Å². The molecule has 0 unspecified atom stereocenters. The zero-order valence-electron chi connectivity index (χ0n) is 13.2. The number of amides is 2. The maximum Gasteiger partial charge on any atom is 0.291 e. The Hall–Kier alpha value is -3.42. The Bertz CT molecular complexity index is 878. The normalized spacial score (nSPS) is 10.4. The lowest BCUT2D eigenvalue weighted by atomic mass is 10.2. The first-order chi connectivity index (χ1) is 11.5. The van der Waals surface area contributed by atoms with E-state index in [1.54, 1.807) is 29.9 Å². The number of nitrogens with zero attached hydrogens (tertiary/aromatic N) is 4. The van der Waals surface area contributed by atoms with Gasteiger partial charge in [0.25, 0.3) is 11.8 Å². The first-order valence-electron chi connectivity index (χ1n) is 7.26. The molecule has 0 bridgehead atoms. The summed E-state index contributed by atoms with van der Waals surface area (Å²) in [4.78, 5) is 24.0. The molecule has 0 radical (unpaired) electrons. The van der Waals surface area contributed by atoms with Gasteiger partial charge >= 0.3 is 0 Å². The molecule has 1 aromatic carbocycles. The van der Waals surface area contributed by atoms with Crippen molar-refractivity contribution in [3.8, 4) is 5.69 Å². The quantitative estimate of drug-likeness (QED) is 0.703. The minimum atomic E-state index is -0.545. The number of nitrogens with one attached hydrogen (secondary N) is 2. The summed E-state index contributed by atoms with van der Waals surface area (Å²) in [7, 11) is 1.74. The van der Waals surface area contributed by atoms with Gasteiger partial charge in [0.05, 0.1) is 11.9 Å². The SMILES string of the molecule is Cc1ccc(-n2cc(C(=O)NNC(=O)c3cccn3C)nn2)cc1. The van der Waals surface area contributed by atoms with Crippen LogP contribution >= 0.6 is 0 Å². The fourth-order valence-corrected chi connectivity index (χ4v) is 2.13. The molecule has 8 heteroatoms. The standard InChI is InChI=1S/C16H16N6O2/c1-11-5-7-12(8-6-11)22-10-13(17-20-22)15(23)18-19-16(24)14-4-3-9-21(14)2/h3-10H,1-2H3,(H,18,23)(H,19,24). The smallest absolute Gasteiger partial charge is 0.291 e. The Morgan fingerprint density at radius 1 is 1.04 bits per heavy atom. The average molecular weight is 324 g/mol. The highest BCUT2D eigenvalue weighted by Crippen LogP contribution is 2.08. The summed E-state index contributed by atoms with van der Waals surface area (Å²) in [6.45, 7) is 1.99. The molecule has 0 aliphatic carbocycles. The number of benzene rings is 1. The molecular formula is C16H16N6O2. The van der Waals surface area contributed by atoms with E-state index in [2.05, 4.69) is 21.2 Å². The lowest BCUT2D eigenvalue weighted by Gasteiger charge is -2.06. The highest BCUT2D eigenvalue weighted by molar-refractivity contribution is 5.97. The summed E-state index contributed by atoms with van der Waals surface area (Å²) < 4.78 is 3.14. The molecule has 0 atom stereocenters. The van der Waals surface area contributed by atoms with E-state index in [1.165, 1.54) is 10.9 Å². The van der Waals surface area contributed by atoms with E-state index < -0.39 is 11.8 Å². The molecule has 0 aliphatic rings. The van der Waals surface area contributed by atoms with Crippen molar-refractivity contribution < 1.29 is 9.59 Å². The first kappa shape index (κ1) is 15.5. The van der Waals surface area contributed by atoms with Gasteiger partial charge in [-0.3, -0.25) is 20.4 Å². The minimum Gasteiger partial charge on any atom is -0.347 e. The van der Waals surface area contributed by atoms with Gasteiger partial charge in [0.1, 0.15) is 5.69 Å². The Kier molecular flexibility index (Phi) is 4.11. The van der Waals surface area contributed by atoms with E-state index in [0.717, 1.165) is 11.3 Å². The second kappa shape index (κ2) is 6.37. The molecule has 0 saturated heterocycles. The summed E-state index contributed by atoms with van der Waals surface area (Å²) in [5.74, 6) is -0.960. The van der Waals surface area contributed by atoms with E-state index >= 15 is 0 Å². The zero-order chi connectivity index (χ0) is 17.1. The minimum absolute atomic E-state index is 0.0998. The maximum absolute atomic E-state index is 12.1. The number of hydrogen-bond donors (Lipinski definition) is 2. The first-order valence-corrected chi connectivity index (χ1v) is 7.26. The van der Waals surface area contributed by atoms with Crippen LogP contribution in [0.2, 0.25) is 0 Å². The molecule has 122 valence electrons. The molecule has 2 aromatic heterocycles. The van der Waals surface area contributed by atoms with Crippen molar-refractivity contribution in [2.24, 2.45) is 7.05 Å². The number of aromatic nitrogens is 4. The zero-order valence-corrected chi connectivity index (χ0v) is 13.2. The van der Waals surface area contributed by atoms with Crippen molar-refractivity contribution in [2.75, 3.05) is 0 Å². The van der Waals surface area contributed by atoms with Gasteiger partial charge in [0.15, 0.2) is 5.69 Å². The Morgan fingerprint density at radius 2 is 1.75 bits per heavy atom. The van der Waals surface area contributed by atoms with Gasteiger partial charge in [-0.15, -0.1) is 5.10 Å². The molecular weight excluding hydrogens is 308 g/mol. The van der Waals surface area contributed by atoms with Crippen molar-refractivity contribution in [1.29, 1.82) is 0 Å². The van der Waals surface area contributed by atoms with E-state index in [9.17, 15) is 9.59 Å². The number of aryl methyl sites for hydroxylation is 2. The number of hydrogen-bond acceptors (Lipinski definition) is 4. The number of carbonyl (C=O) groups is 2. The van der Waals surface area contributed by atoms with Gasteiger partial charge in [-0.2, -0.15) is 0 Å². The van der Waals surface area contributed by atoms with Crippen LogP contribution < -0.4 is 10.9 Å². The second-order valence-electron chi connectivity index (χ2n) is 5.30. The molecule has 2 heterocycles. The van der Waals surface area contributed by atoms with Crippen LogP contribution in [0.4, 0.5) is 0 Å². The molecule has 0 aliphatic heterocycles. The maximum atomic E-state index is 12.1. The lowest BCUT2D eigenvalue weighted by Crippen LogP contribution is -2.42. The van der Waals surface area contributed by atoms with Gasteiger partial charge in [0, 0.05) is 13.2 Å². The van der Waals surface area contributed by atoms with Crippen LogP contribution in [0.15, 0.2) is 48.8 Å². The number of carbonyl (C=O) groups excluding carboxylic acids is 2. The molecule has 8 nitrogen and oxygen atoms in total. The molecule has 2 N–H and O–H groups in total. The van der Waals surface area contributed by atoms with Crippen LogP contribution in [0.5, 0.6) is 0 Å². The third-order valence-electron chi connectivity index (χ3n) is 3.49. The number of rotatable bonds is 3. The fraction of sp³-hybridized carbons (Fsp3) is 0.125. The molecule has 0 spiro atoms. The van der Waals surface area contributed by atoms with Gasteiger partial charge in [-0.05, 0) is 31.2 Å².